The van der Waals surface area contributed by atoms with Crippen molar-refractivity contribution in [1.82, 2.24) is 0 Å². The van der Waals surface area contributed by atoms with Gasteiger partial charge in [0.25, 0.3) is 0 Å². The second-order valence-electron chi connectivity index (χ2n) is 5.85. The van der Waals surface area contributed by atoms with Crippen LogP contribution in [0.5, 0.6) is 0 Å². The Bertz CT molecular complexity index is 608. The van der Waals surface area contributed by atoms with Gasteiger partial charge in [-0.1, -0.05) is 47.3 Å². The van der Waals surface area contributed by atoms with Gasteiger partial charge in [0.2, 0.25) is 0 Å². The number of hydrogen-bond acceptors (Lipinski definition) is 2. The van der Waals surface area contributed by atoms with Crippen molar-refractivity contribution < 1.29 is 9.53 Å². The summed E-state index contributed by atoms with van der Waals surface area (Å²) in [6.07, 6.45) is 6.43. The van der Waals surface area contributed by atoms with Crippen LogP contribution in [0.3, 0.4) is 0 Å². The van der Waals surface area contributed by atoms with Gasteiger partial charge in [-0.2, -0.15) is 0 Å². The van der Waals surface area contributed by atoms with Crippen LogP contribution in [0, 0.1) is 11.8 Å². The largest absolute Gasteiger partial charge is 0.457 e. The molecule has 0 radical (unpaired) electrons. The van der Waals surface area contributed by atoms with Crippen molar-refractivity contribution in [1.29, 1.82) is 0 Å². The van der Waals surface area contributed by atoms with E-state index in [-0.39, 0.29) is 12.1 Å². The minimum atomic E-state index is -0.282. The lowest BCUT2D eigenvalue weighted by Crippen LogP contribution is -2.13. The highest BCUT2D eigenvalue weighted by atomic mass is 16.5. The van der Waals surface area contributed by atoms with Gasteiger partial charge in [-0.25, -0.2) is 0 Å². The van der Waals surface area contributed by atoms with E-state index in [1.54, 1.807) is 0 Å². The summed E-state index contributed by atoms with van der Waals surface area (Å²) in [5, 5.41) is 0. The third kappa shape index (κ3) is 9.37. The van der Waals surface area contributed by atoms with Crippen molar-refractivity contribution in [3.05, 3.63) is 59.2 Å². The predicted octanol–water partition coefficient (Wildman–Crippen LogP) is 5.05. The first kappa shape index (κ1) is 18.8. The summed E-state index contributed by atoms with van der Waals surface area (Å²) in [5.41, 5.74) is 3.51. The van der Waals surface area contributed by atoms with Crippen LogP contribution in [-0.4, -0.2) is 12.1 Å². The van der Waals surface area contributed by atoms with Crippen molar-refractivity contribution in [2.24, 2.45) is 0 Å². The fourth-order valence-electron chi connectivity index (χ4n) is 2.11. The summed E-state index contributed by atoms with van der Waals surface area (Å²) in [6.45, 7) is 7.70. The highest BCUT2D eigenvalue weighted by Gasteiger charge is 2.07. The molecule has 0 fully saturated rings. The predicted molar refractivity (Wildman–Crippen MR) is 95.9 cm³/mol. The molecule has 1 unspecified atom stereocenters. The Hall–Kier alpha value is -2.27. The lowest BCUT2D eigenvalue weighted by Gasteiger charge is -2.11. The molecule has 0 aromatic heterocycles. The first-order chi connectivity index (χ1) is 11.0. The lowest BCUT2D eigenvalue weighted by molar-refractivity contribution is -0.143. The molecule has 0 heterocycles. The first-order valence-corrected chi connectivity index (χ1v) is 7.99. The monoisotopic (exact) mass is 310 g/mol. The number of carbonyl (C=O) groups excluding carboxylic acids is 1. The summed E-state index contributed by atoms with van der Waals surface area (Å²) in [5.74, 6) is 5.93. The maximum atomic E-state index is 11.3. The summed E-state index contributed by atoms with van der Waals surface area (Å²) in [4.78, 5) is 11.3. The molecule has 0 aliphatic heterocycles. The quantitative estimate of drug-likeness (QED) is 0.417. The minimum Gasteiger partial charge on any atom is -0.457 e. The van der Waals surface area contributed by atoms with E-state index in [1.807, 2.05) is 36.4 Å². The molecule has 0 saturated heterocycles. The number of carbonyl (C=O) groups is 1. The smallest absolute Gasteiger partial charge is 0.303 e. The summed E-state index contributed by atoms with van der Waals surface area (Å²) < 4.78 is 5.35. The molecule has 0 aliphatic rings. The third-order valence-electron chi connectivity index (χ3n) is 3.19. The second-order valence-corrected chi connectivity index (χ2v) is 5.85. The van der Waals surface area contributed by atoms with Gasteiger partial charge < -0.3 is 4.74 Å². The Morgan fingerprint density at radius 3 is 2.48 bits per heavy atom. The van der Waals surface area contributed by atoms with Crippen LogP contribution >= 0.6 is 0 Å². The van der Waals surface area contributed by atoms with Crippen LogP contribution in [0.4, 0.5) is 0 Å². The Kier molecular flexibility index (Phi) is 8.54. The fourth-order valence-corrected chi connectivity index (χ4v) is 2.11. The summed E-state index contributed by atoms with van der Waals surface area (Å²) >= 11 is 0. The second kappa shape index (κ2) is 10.5. The normalized spacial score (nSPS) is 11.9. The maximum Gasteiger partial charge on any atom is 0.303 e. The van der Waals surface area contributed by atoms with Crippen LogP contribution < -0.4 is 0 Å². The topological polar surface area (TPSA) is 26.3 Å². The van der Waals surface area contributed by atoms with Gasteiger partial charge in [0.05, 0.1) is 6.42 Å². The van der Waals surface area contributed by atoms with E-state index in [4.69, 9.17) is 4.74 Å². The zero-order valence-corrected chi connectivity index (χ0v) is 14.6. The number of hydrogen-bond donors (Lipinski definition) is 0. The Morgan fingerprint density at radius 2 is 1.87 bits per heavy atom. The zero-order valence-electron chi connectivity index (χ0n) is 14.6. The molecule has 1 aromatic rings. The molecule has 23 heavy (non-hydrogen) atoms. The molecule has 0 bridgehead atoms. The van der Waals surface area contributed by atoms with E-state index in [0.29, 0.717) is 6.42 Å². The number of ether oxygens (including phenoxy) is 1. The highest BCUT2D eigenvalue weighted by molar-refractivity contribution is 5.66. The summed E-state index contributed by atoms with van der Waals surface area (Å²) in [6, 6.07) is 9.82. The summed E-state index contributed by atoms with van der Waals surface area (Å²) in [7, 11) is 0. The van der Waals surface area contributed by atoms with Crippen LogP contribution in [0.25, 0.3) is 0 Å². The molecule has 1 aromatic carbocycles. The van der Waals surface area contributed by atoms with E-state index in [9.17, 15) is 4.79 Å². The van der Waals surface area contributed by atoms with Crippen LogP contribution in [0.2, 0.25) is 0 Å². The molecule has 0 amide bonds. The number of rotatable bonds is 6. The van der Waals surface area contributed by atoms with Crippen LogP contribution in [-0.2, 0) is 9.53 Å². The van der Waals surface area contributed by atoms with Crippen molar-refractivity contribution in [2.45, 2.75) is 53.1 Å². The van der Waals surface area contributed by atoms with Gasteiger partial charge in [0.15, 0.2) is 0 Å². The number of esters is 1. The third-order valence-corrected chi connectivity index (χ3v) is 3.19. The molecule has 2 heteroatoms. The first-order valence-electron chi connectivity index (χ1n) is 7.99. The molecular weight excluding hydrogens is 284 g/mol. The molecule has 0 spiro atoms. The van der Waals surface area contributed by atoms with Gasteiger partial charge >= 0.3 is 5.97 Å². The Labute approximate surface area is 140 Å². The minimum absolute atomic E-state index is 0.273. The molecule has 0 aliphatic carbocycles. The average Bonchev–Trinajstić information content (AvgIpc) is 2.47. The van der Waals surface area contributed by atoms with Gasteiger partial charge in [0.1, 0.15) is 6.10 Å². The molecule has 2 nitrogen and oxygen atoms in total. The highest BCUT2D eigenvalue weighted by Crippen LogP contribution is 2.11. The van der Waals surface area contributed by atoms with Crippen molar-refractivity contribution in [3.8, 4) is 11.8 Å². The molecule has 0 N–H and O–H groups in total. The molecule has 122 valence electrons. The Morgan fingerprint density at radius 1 is 1.17 bits per heavy atom. The number of allylic oxidation sites excluding steroid dienone is 3. The zero-order chi connectivity index (χ0) is 17.1. The van der Waals surface area contributed by atoms with Gasteiger partial charge in [-0.3, -0.25) is 4.79 Å². The van der Waals surface area contributed by atoms with Crippen molar-refractivity contribution in [2.75, 3.05) is 0 Å². The lowest BCUT2D eigenvalue weighted by atomic mass is 10.1. The number of benzene rings is 1. The van der Waals surface area contributed by atoms with Crippen LogP contribution in [0.1, 0.15) is 52.5 Å². The van der Waals surface area contributed by atoms with E-state index in [2.05, 4.69) is 38.7 Å². The van der Waals surface area contributed by atoms with Crippen LogP contribution in [0.15, 0.2) is 53.6 Å². The average molecular weight is 310 g/mol. The molecule has 0 saturated carbocycles. The standard InChI is InChI=1S/C21H26O2/c1-17(2)10-8-11-18(3)16-21(23-19(4)22)15-9-14-20-12-6-5-7-13-20/h5-7,10,12-13,16,21H,8,11,15H2,1-4H3/b18-16+. The SMILES string of the molecule is CC(=O)OC(/C=C(\C)CCC=C(C)C)CC#Cc1ccccc1. The molecule has 1 atom stereocenters. The van der Waals surface area contributed by atoms with Crippen molar-refractivity contribution in [3.63, 3.8) is 0 Å². The molecular formula is C21H26O2. The van der Waals surface area contributed by atoms with Crippen molar-refractivity contribution >= 4 is 5.97 Å². The van der Waals surface area contributed by atoms with E-state index in [0.717, 1.165) is 18.4 Å². The Balaban J connectivity index is 2.67. The van der Waals surface area contributed by atoms with Gasteiger partial charge in [0, 0.05) is 12.5 Å². The van der Waals surface area contributed by atoms with E-state index in [1.165, 1.54) is 18.1 Å². The molecule has 1 rings (SSSR count). The maximum absolute atomic E-state index is 11.3. The van der Waals surface area contributed by atoms with E-state index < -0.39 is 0 Å². The van der Waals surface area contributed by atoms with Gasteiger partial charge in [-0.05, 0) is 51.8 Å². The van der Waals surface area contributed by atoms with E-state index >= 15 is 0 Å². The fraction of sp³-hybridized carbons (Fsp3) is 0.381. The van der Waals surface area contributed by atoms with Gasteiger partial charge in [-0.15, -0.1) is 0 Å².